The third-order valence-corrected chi connectivity index (χ3v) is 2.85. The Hall–Kier alpha value is -1.06. The number of rotatable bonds is 5. The molecule has 0 bridgehead atoms. The monoisotopic (exact) mass is 221 g/mol. The van der Waals surface area contributed by atoms with Gasteiger partial charge in [0.05, 0.1) is 12.6 Å². The van der Waals surface area contributed by atoms with Crippen molar-refractivity contribution in [2.75, 3.05) is 25.1 Å². The molecule has 2 N–H and O–H groups in total. The molecule has 1 atom stereocenters. The molecule has 1 aliphatic heterocycles. The predicted octanol–water partition coefficient (Wildman–Crippen LogP) is 1.81. The molecule has 1 aliphatic rings. The lowest BCUT2D eigenvalue weighted by molar-refractivity contribution is 0.195. The van der Waals surface area contributed by atoms with Crippen LogP contribution in [-0.2, 0) is 11.2 Å². The molecular weight excluding hydrogens is 202 g/mol. The summed E-state index contributed by atoms with van der Waals surface area (Å²) in [4.78, 5) is 0. The molecule has 1 fully saturated rings. The van der Waals surface area contributed by atoms with Gasteiger partial charge in [0.1, 0.15) is 0 Å². The molecule has 0 amide bonds. The number of nitrogens with one attached hydrogen (secondary N) is 1. The van der Waals surface area contributed by atoms with Crippen molar-refractivity contribution in [3.63, 3.8) is 0 Å². The molecule has 3 nitrogen and oxygen atoms in total. The van der Waals surface area contributed by atoms with E-state index < -0.39 is 0 Å². The van der Waals surface area contributed by atoms with Crippen LogP contribution < -0.4 is 5.32 Å². The third-order valence-electron chi connectivity index (χ3n) is 2.85. The van der Waals surface area contributed by atoms with Crippen molar-refractivity contribution in [3.8, 4) is 0 Å². The van der Waals surface area contributed by atoms with Gasteiger partial charge in [0, 0.05) is 18.9 Å². The summed E-state index contributed by atoms with van der Waals surface area (Å²) in [6.45, 7) is 1.93. The van der Waals surface area contributed by atoms with E-state index in [9.17, 15) is 0 Å². The number of benzene rings is 1. The highest BCUT2D eigenvalue weighted by molar-refractivity contribution is 5.46. The van der Waals surface area contributed by atoms with Crippen LogP contribution in [0.2, 0.25) is 0 Å². The van der Waals surface area contributed by atoms with E-state index in [1.165, 1.54) is 5.56 Å². The largest absolute Gasteiger partial charge is 0.396 e. The topological polar surface area (TPSA) is 41.5 Å². The average molecular weight is 221 g/mol. The van der Waals surface area contributed by atoms with Crippen molar-refractivity contribution in [1.29, 1.82) is 0 Å². The predicted molar refractivity (Wildman–Crippen MR) is 64.7 cm³/mol. The highest BCUT2D eigenvalue weighted by atomic mass is 16.5. The van der Waals surface area contributed by atoms with Crippen molar-refractivity contribution in [3.05, 3.63) is 29.8 Å². The van der Waals surface area contributed by atoms with E-state index in [0.29, 0.717) is 6.04 Å². The number of hydrogen-bond donors (Lipinski definition) is 2. The number of ether oxygens (including phenoxy) is 1. The molecule has 16 heavy (non-hydrogen) atoms. The summed E-state index contributed by atoms with van der Waals surface area (Å²) in [6.07, 6.45) is 2.85. The van der Waals surface area contributed by atoms with E-state index >= 15 is 0 Å². The Morgan fingerprint density at radius 3 is 3.12 bits per heavy atom. The van der Waals surface area contributed by atoms with Crippen molar-refractivity contribution >= 4 is 5.69 Å². The summed E-state index contributed by atoms with van der Waals surface area (Å²) in [7, 11) is 0. The fourth-order valence-corrected chi connectivity index (χ4v) is 1.98. The zero-order valence-electron chi connectivity index (χ0n) is 9.48. The summed E-state index contributed by atoms with van der Waals surface area (Å²) < 4.78 is 5.33. The fraction of sp³-hybridized carbons (Fsp3) is 0.538. The van der Waals surface area contributed by atoms with E-state index in [-0.39, 0.29) is 6.61 Å². The second-order valence-corrected chi connectivity index (χ2v) is 4.23. The summed E-state index contributed by atoms with van der Waals surface area (Å²) >= 11 is 0. The Kier molecular flexibility index (Phi) is 4.19. The summed E-state index contributed by atoms with van der Waals surface area (Å²) in [6, 6.07) is 8.86. The second kappa shape index (κ2) is 5.87. The minimum Gasteiger partial charge on any atom is -0.396 e. The van der Waals surface area contributed by atoms with Gasteiger partial charge in [0.15, 0.2) is 0 Å². The van der Waals surface area contributed by atoms with E-state index in [4.69, 9.17) is 9.84 Å². The minimum atomic E-state index is 0.258. The quantitative estimate of drug-likeness (QED) is 0.796. The van der Waals surface area contributed by atoms with Crippen molar-refractivity contribution in [2.45, 2.75) is 25.3 Å². The molecule has 1 aromatic rings. The molecule has 1 heterocycles. The molecule has 1 saturated heterocycles. The van der Waals surface area contributed by atoms with Gasteiger partial charge in [-0.05, 0) is 37.0 Å². The lowest BCUT2D eigenvalue weighted by atomic mass is 10.1. The number of aliphatic hydroxyl groups is 1. The van der Waals surface area contributed by atoms with Crippen LogP contribution in [0.1, 0.15) is 18.4 Å². The van der Waals surface area contributed by atoms with Crippen LogP contribution in [0.25, 0.3) is 0 Å². The van der Waals surface area contributed by atoms with Gasteiger partial charge in [0.25, 0.3) is 0 Å². The molecule has 0 radical (unpaired) electrons. The van der Waals surface area contributed by atoms with Gasteiger partial charge in [-0.15, -0.1) is 0 Å². The van der Waals surface area contributed by atoms with E-state index in [1.807, 2.05) is 0 Å². The maximum Gasteiger partial charge on any atom is 0.0668 e. The molecule has 2 rings (SSSR count). The Balaban J connectivity index is 1.92. The molecule has 1 aromatic carbocycles. The first-order chi connectivity index (χ1) is 7.88. The zero-order chi connectivity index (χ0) is 11.2. The average Bonchev–Trinajstić information content (AvgIpc) is 2.80. The van der Waals surface area contributed by atoms with Gasteiger partial charge in [-0.1, -0.05) is 12.1 Å². The van der Waals surface area contributed by atoms with Crippen LogP contribution >= 0.6 is 0 Å². The first-order valence-electron chi connectivity index (χ1n) is 5.92. The summed E-state index contributed by atoms with van der Waals surface area (Å²) in [5.74, 6) is 0. The van der Waals surface area contributed by atoms with Crippen LogP contribution in [0.5, 0.6) is 0 Å². The molecule has 1 unspecified atom stereocenters. The van der Waals surface area contributed by atoms with Crippen LogP contribution in [0.4, 0.5) is 5.69 Å². The Labute approximate surface area is 96.4 Å². The van der Waals surface area contributed by atoms with Gasteiger partial charge < -0.3 is 15.2 Å². The van der Waals surface area contributed by atoms with Gasteiger partial charge in [0.2, 0.25) is 0 Å². The Morgan fingerprint density at radius 1 is 1.44 bits per heavy atom. The molecule has 0 saturated carbocycles. The number of anilines is 1. The molecule has 0 spiro atoms. The number of aliphatic hydroxyl groups excluding tert-OH is 1. The smallest absolute Gasteiger partial charge is 0.0668 e. The number of aryl methyl sites for hydroxylation is 1. The molecule has 0 aromatic heterocycles. The fourth-order valence-electron chi connectivity index (χ4n) is 1.98. The van der Waals surface area contributed by atoms with Crippen LogP contribution in [-0.4, -0.2) is 31.0 Å². The summed E-state index contributed by atoms with van der Waals surface area (Å²) in [5, 5.41) is 12.3. The van der Waals surface area contributed by atoms with Crippen molar-refractivity contribution in [1.82, 2.24) is 0 Å². The molecular formula is C13H19NO2. The first kappa shape index (κ1) is 11.4. The molecule has 88 valence electrons. The zero-order valence-corrected chi connectivity index (χ0v) is 9.48. The molecule has 3 heteroatoms. The lowest BCUT2D eigenvalue weighted by Crippen LogP contribution is -2.18. The maximum absolute atomic E-state index is 8.79. The number of hydrogen-bond acceptors (Lipinski definition) is 3. The van der Waals surface area contributed by atoms with Crippen LogP contribution in [0.3, 0.4) is 0 Å². The SMILES string of the molecule is OCCCc1cccc(NC2CCOC2)c1. The van der Waals surface area contributed by atoms with Gasteiger partial charge in [-0.2, -0.15) is 0 Å². The molecule has 0 aliphatic carbocycles. The van der Waals surface area contributed by atoms with E-state index in [1.54, 1.807) is 0 Å². The van der Waals surface area contributed by atoms with E-state index in [2.05, 4.69) is 29.6 Å². The Bertz CT molecular complexity index is 321. The second-order valence-electron chi connectivity index (χ2n) is 4.23. The Morgan fingerprint density at radius 2 is 2.38 bits per heavy atom. The van der Waals surface area contributed by atoms with Crippen LogP contribution in [0.15, 0.2) is 24.3 Å². The van der Waals surface area contributed by atoms with Gasteiger partial charge >= 0.3 is 0 Å². The maximum atomic E-state index is 8.79. The third kappa shape index (κ3) is 3.22. The first-order valence-corrected chi connectivity index (χ1v) is 5.92. The van der Waals surface area contributed by atoms with E-state index in [0.717, 1.165) is 38.2 Å². The highest BCUT2D eigenvalue weighted by Gasteiger charge is 2.14. The summed E-state index contributed by atoms with van der Waals surface area (Å²) in [5.41, 5.74) is 2.43. The standard InChI is InChI=1S/C13H19NO2/c15-7-2-4-11-3-1-5-12(9-11)14-13-6-8-16-10-13/h1,3,5,9,13-15H,2,4,6-8,10H2. The normalized spacial score (nSPS) is 19.9. The van der Waals surface area contributed by atoms with Crippen molar-refractivity contribution < 1.29 is 9.84 Å². The van der Waals surface area contributed by atoms with Crippen LogP contribution in [0, 0.1) is 0 Å². The highest BCUT2D eigenvalue weighted by Crippen LogP contribution is 2.16. The van der Waals surface area contributed by atoms with Gasteiger partial charge in [-0.25, -0.2) is 0 Å². The van der Waals surface area contributed by atoms with Gasteiger partial charge in [-0.3, -0.25) is 0 Å². The lowest BCUT2D eigenvalue weighted by Gasteiger charge is -2.13. The minimum absolute atomic E-state index is 0.258. The van der Waals surface area contributed by atoms with Crippen molar-refractivity contribution in [2.24, 2.45) is 0 Å².